The molecular weight excluding hydrogens is 264 g/mol. The van der Waals surface area contributed by atoms with Crippen molar-refractivity contribution in [3.05, 3.63) is 33.9 Å². The quantitative estimate of drug-likeness (QED) is 0.758. The van der Waals surface area contributed by atoms with E-state index in [0.717, 1.165) is 24.0 Å². The SMILES string of the molecule is Brc1cccc2c3c([nH]c12)CCNC3.CC. The first-order valence-electron chi connectivity index (χ1n) is 5.85. The van der Waals surface area contributed by atoms with Crippen LogP contribution in [-0.2, 0) is 13.0 Å². The summed E-state index contributed by atoms with van der Waals surface area (Å²) in [6, 6.07) is 6.36. The van der Waals surface area contributed by atoms with Gasteiger partial charge in [0.2, 0.25) is 0 Å². The second kappa shape index (κ2) is 5.02. The monoisotopic (exact) mass is 280 g/mol. The van der Waals surface area contributed by atoms with Crippen LogP contribution in [0.15, 0.2) is 22.7 Å². The van der Waals surface area contributed by atoms with E-state index in [9.17, 15) is 0 Å². The largest absolute Gasteiger partial charge is 0.357 e. The van der Waals surface area contributed by atoms with E-state index in [1.807, 2.05) is 13.8 Å². The van der Waals surface area contributed by atoms with Gasteiger partial charge in [0.15, 0.2) is 0 Å². The second-order valence-electron chi connectivity index (χ2n) is 3.67. The van der Waals surface area contributed by atoms with Crippen LogP contribution >= 0.6 is 15.9 Å². The zero-order valence-electron chi connectivity index (χ0n) is 9.73. The Bertz CT molecular complexity index is 488. The van der Waals surface area contributed by atoms with Gasteiger partial charge in [0.25, 0.3) is 0 Å². The Morgan fingerprint density at radius 3 is 2.88 bits per heavy atom. The number of hydrogen-bond acceptors (Lipinski definition) is 1. The van der Waals surface area contributed by atoms with E-state index < -0.39 is 0 Å². The summed E-state index contributed by atoms with van der Waals surface area (Å²) in [5.74, 6) is 0. The maximum atomic E-state index is 3.57. The fraction of sp³-hybridized carbons (Fsp3) is 0.385. The summed E-state index contributed by atoms with van der Waals surface area (Å²) in [7, 11) is 0. The molecule has 0 saturated heterocycles. The number of halogens is 1. The van der Waals surface area contributed by atoms with E-state index in [4.69, 9.17) is 0 Å². The summed E-state index contributed by atoms with van der Waals surface area (Å²) >= 11 is 3.57. The highest BCUT2D eigenvalue weighted by Gasteiger charge is 2.15. The van der Waals surface area contributed by atoms with Crippen molar-refractivity contribution in [1.29, 1.82) is 0 Å². The van der Waals surface area contributed by atoms with E-state index >= 15 is 0 Å². The highest BCUT2D eigenvalue weighted by Crippen LogP contribution is 2.29. The van der Waals surface area contributed by atoms with Crippen LogP contribution in [0.25, 0.3) is 10.9 Å². The molecule has 16 heavy (non-hydrogen) atoms. The van der Waals surface area contributed by atoms with Gasteiger partial charge in [-0.25, -0.2) is 0 Å². The molecule has 2 nitrogen and oxygen atoms in total. The lowest BCUT2D eigenvalue weighted by Gasteiger charge is -2.12. The lowest BCUT2D eigenvalue weighted by atomic mass is 10.1. The Labute approximate surface area is 105 Å². The third-order valence-corrected chi connectivity index (χ3v) is 3.49. The van der Waals surface area contributed by atoms with Crippen molar-refractivity contribution in [1.82, 2.24) is 10.3 Å². The molecule has 3 heteroatoms. The molecule has 0 aliphatic carbocycles. The highest BCUT2D eigenvalue weighted by atomic mass is 79.9. The van der Waals surface area contributed by atoms with Crippen molar-refractivity contribution in [2.24, 2.45) is 0 Å². The van der Waals surface area contributed by atoms with Gasteiger partial charge in [0.1, 0.15) is 0 Å². The molecule has 0 unspecified atom stereocenters. The van der Waals surface area contributed by atoms with Crippen molar-refractivity contribution in [3.8, 4) is 0 Å². The van der Waals surface area contributed by atoms with Crippen LogP contribution in [0.1, 0.15) is 25.1 Å². The number of aromatic amines is 1. The lowest BCUT2D eigenvalue weighted by Crippen LogP contribution is -2.22. The normalized spacial score (nSPS) is 14.2. The van der Waals surface area contributed by atoms with Gasteiger partial charge in [-0.2, -0.15) is 0 Å². The van der Waals surface area contributed by atoms with Crippen LogP contribution in [0, 0.1) is 0 Å². The van der Waals surface area contributed by atoms with Crippen molar-refractivity contribution in [2.45, 2.75) is 26.8 Å². The molecule has 0 fully saturated rings. The maximum absolute atomic E-state index is 3.57. The number of para-hydroxylation sites is 1. The molecule has 1 aromatic carbocycles. The molecule has 0 atom stereocenters. The van der Waals surface area contributed by atoms with Crippen LogP contribution < -0.4 is 5.32 Å². The average Bonchev–Trinajstić information content (AvgIpc) is 2.72. The van der Waals surface area contributed by atoms with E-state index in [0.29, 0.717) is 0 Å². The summed E-state index contributed by atoms with van der Waals surface area (Å²) in [5.41, 5.74) is 4.07. The topological polar surface area (TPSA) is 27.8 Å². The smallest absolute Gasteiger partial charge is 0.0603 e. The molecule has 2 aromatic rings. The van der Waals surface area contributed by atoms with Gasteiger partial charge in [-0.05, 0) is 27.6 Å². The molecule has 0 amide bonds. The number of aromatic nitrogens is 1. The highest BCUT2D eigenvalue weighted by molar-refractivity contribution is 9.10. The molecule has 1 aromatic heterocycles. The molecule has 0 bridgehead atoms. The number of hydrogen-bond donors (Lipinski definition) is 2. The van der Waals surface area contributed by atoms with Crippen LogP contribution in [0.4, 0.5) is 0 Å². The molecule has 3 rings (SSSR count). The first-order valence-corrected chi connectivity index (χ1v) is 6.64. The zero-order valence-corrected chi connectivity index (χ0v) is 11.3. The molecule has 0 saturated carbocycles. The van der Waals surface area contributed by atoms with Gasteiger partial charge in [-0.1, -0.05) is 26.0 Å². The van der Waals surface area contributed by atoms with Gasteiger partial charge in [0, 0.05) is 35.1 Å². The predicted molar refractivity (Wildman–Crippen MR) is 72.8 cm³/mol. The first kappa shape index (κ1) is 11.7. The fourth-order valence-corrected chi connectivity index (χ4v) is 2.60. The van der Waals surface area contributed by atoms with Crippen LogP contribution in [0.5, 0.6) is 0 Å². The Balaban J connectivity index is 0.000000457. The van der Waals surface area contributed by atoms with Gasteiger partial charge in [0.05, 0.1) is 5.52 Å². The van der Waals surface area contributed by atoms with Gasteiger partial charge >= 0.3 is 0 Å². The second-order valence-corrected chi connectivity index (χ2v) is 4.53. The molecule has 1 aliphatic heterocycles. The fourth-order valence-electron chi connectivity index (χ4n) is 2.13. The van der Waals surface area contributed by atoms with E-state index in [2.05, 4.69) is 44.4 Å². The molecule has 0 spiro atoms. The molecule has 86 valence electrons. The van der Waals surface area contributed by atoms with Crippen molar-refractivity contribution >= 4 is 26.8 Å². The molecular formula is C13H17BrN2. The summed E-state index contributed by atoms with van der Waals surface area (Å²) in [6.45, 7) is 6.07. The standard InChI is InChI=1S/C11H11BrN2.C2H6/c12-9-3-1-2-7-8-6-13-5-4-10(8)14-11(7)9;1-2/h1-3,13-14H,4-6H2;1-2H3. The summed E-state index contributed by atoms with van der Waals surface area (Å²) < 4.78 is 1.16. The number of H-pyrrole nitrogens is 1. The number of benzene rings is 1. The minimum absolute atomic E-state index is 0.992. The third kappa shape index (κ3) is 1.89. The van der Waals surface area contributed by atoms with Crippen molar-refractivity contribution in [2.75, 3.05) is 6.54 Å². The molecule has 1 aliphatic rings. The Hall–Kier alpha value is -0.800. The first-order chi connectivity index (χ1) is 7.86. The van der Waals surface area contributed by atoms with Gasteiger partial charge in [-0.3, -0.25) is 0 Å². The summed E-state index contributed by atoms with van der Waals surface area (Å²) in [5, 5.41) is 4.75. The number of rotatable bonds is 0. The Morgan fingerprint density at radius 1 is 1.25 bits per heavy atom. The Kier molecular flexibility index (Phi) is 3.66. The minimum atomic E-state index is 0.992. The number of fused-ring (bicyclic) bond motifs is 3. The van der Waals surface area contributed by atoms with E-state index in [-0.39, 0.29) is 0 Å². The van der Waals surface area contributed by atoms with Gasteiger partial charge < -0.3 is 10.3 Å². The lowest BCUT2D eigenvalue weighted by molar-refractivity contribution is 0.641. The van der Waals surface area contributed by atoms with E-state index in [1.54, 1.807) is 0 Å². The molecule has 0 radical (unpaired) electrons. The van der Waals surface area contributed by atoms with E-state index in [1.165, 1.54) is 22.2 Å². The third-order valence-electron chi connectivity index (χ3n) is 2.83. The van der Waals surface area contributed by atoms with Crippen LogP contribution in [-0.4, -0.2) is 11.5 Å². The van der Waals surface area contributed by atoms with Crippen LogP contribution in [0.2, 0.25) is 0 Å². The predicted octanol–water partition coefficient (Wildman–Crippen LogP) is 3.60. The average molecular weight is 281 g/mol. The van der Waals surface area contributed by atoms with Crippen molar-refractivity contribution in [3.63, 3.8) is 0 Å². The van der Waals surface area contributed by atoms with Gasteiger partial charge in [-0.15, -0.1) is 0 Å². The maximum Gasteiger partial charge on any atom is 0.0603 e. The Morgan fingerprint density at radius 2 is 2.06 bits per heavy atom. The summed E-state index contributed by atoms with van der Waals surface area (Å²) in [4.78, 5) is 3.50. The summed E-state index contributed by atoms with van der Waals surface area (Å²) in [6.07, 6.45) is 1.11. The zero-order chi connectivity index (χ0) is 11.5. The van der Waals surface area contributed by atoms with Crippen molar-refractivity contribution < 1.29 is 0 Å². The molecule has 2 N–H and O–H groups in total. The minimum Gasteiger partial charge on any atom is -0.357 e. The number of nitrogens with one attached hydrogen (secondary N) is 2. The molecule has 2 heterocycles. The van der Waals surface area contributed by atoms with Crippen LogP contribution in [0.3, 0.4) is 0 Å².